The van der Waals surface area contributed by atoms with Gasteiger partial charge in [0.2, 0.25) is 5.88 Å². The van der Waals surface area contributed by atoms with Crippen LogP contribution in [0, 0.1) is 16.7 Å². The van der Waals surface area contributed by atoms with Gasteiger partial charge in [0.05, 0.1) is 0 Å². The molecule has 2 aliphatic carbocycles. The van der Waals surface area contributed by atoms with Crippen LogP contribution in [0.15, 0.2) is 24.4 Å². The van der Waals surface area contributed by atoms with Crippen LogP contribution in [-0.2, 0) is 14.9 Å². The Morgan fingerprint density at radius 3 is 2.52 bits per heavy atom. The number of rotatable bonds is 3. The Balaban J connectivity index is 1.96. The predicted molar refractivity (Wildman–Crippen MR) is 77.2 cm³/mol. The number of ketones is 1. The summed E-state index contributed by atoms with van der Waals surface area (Å²) in [6, 6.07) is 4.79. The van der Waals surface area contributed by atoms with Gasteiger partial charge in [-0.1, -0.05) is 26.8 Å². The predicted octanol–water partition coefficient (Wildman–Crippen LogP) is 2.18. The van der Waals surface area contributed by atoms with Crippen LogP contribution in [0.2, 0.25) is 0 Å². The zero-order chi connectivity index (χ0) is 15.5. The molecule has 1 heterocycles. The molecule has 0 amide bonds. The van der Waals surface area contributed by atoms with Crippen molar-refractivity contribution >= 4 is 15.9 Å². The molecule has 0 N–H and O–H groups in total. The fraction of sp³-hybridized carbons (Fsp3) is 0.600. The third-order valence-corrected chi connectivity index (χ3v) is 7.19. The van der Waals surface area contributed by atoms with Gasteiger partial charge < -0.3 is 4.18 Å². The van der Waals surface area contributed by atoms with Crippen LogP contribution in [0.4, 0.5) is 0 Å². The van der Waals surface area contributed by atoms with Gasteiger partial charge in [0.15, 0.2) is 11.0 Å². The number of hydrogen-bond acceptors (Lipinski definition) is 5. The summed E-state index contributed by atoms with van der Waals surface area (Å²) in [4.78, 5) is 16.5. The molecule has 0 saturated heterocycles. The van der Waals surface area contributed by atoms with E-state index < -0.39 is 20.8 Å². The van der Waals surface area contributed by atoms with Crippen LogP contribution in [0.3, 0.4) is 0 Å². The van der Waals surface area contributed by atoms with Gasteiger partial charge in [-0.25, -0.2) is 4.98 Å². The molecular weight excluding hydrogens is 290 g/mol. The van der Waals surface area contributed by atoms with Crippen molar-refractivity contribution in [3.63, 3.8) is 0 Å². The van der Waals surface area contributed by atoms with Crippen LogP contribution < -0.4 is 4.18 Å². The van der Waals surface area contributed by atoms with E-state index in [0.29, 0.717) is 0 Å². The van der Waals surface area contributed by atoms with Gasteiger partial charge >= 0.3 is 10.1 Å². The maximum Gasteiger partial charge on any atom is 0.321 e. The number of pyridine rings is 1. The first-order valence-electron chi connectivity index (χ1n) is 7.09. The van der Waals surface area contributed by atoms with Crippen LogP contribution in [-0.4, -0.2) is 24.4 Å². The number of carbonyl (C=O) groups is 1. The molecule has 21 heavy (non-hydrogen) atoms. The molecule has 3 rings (SSSR count). The minimum absolute atomic E-state index is 0.0102. The Labute approximate surface area is 124 Å². The lowest BCUT2D eigenvalue weighted by Gasteiger charge is -2.32. The van der Waals surface area contributed by atoms with Gasteiger partial charge in [-0.15, -0.1) is 0 Å². The zero-order valence-corrected chi connectivity index (χ0v) is 13.2. The topological polar surface area (TPSA) is 73.3 Å². The first kappa shape index (κ1) is 14.5. The van der Waals surface area contributed by atoms with Crippen molar-refractivity contribution in [3.8, 4) is 5.88 Å². The lowest BCUT2D eigenvalue weighted by molar-refractivity contribution is -0.128. The van der Waals surface area contributed by atoms with E-state index in [2.05, 4.69) is 4.98 Å². The summed E-state index contributed by atoms with van der Waals surface area (Å²) in [5, 5.41) is -1.08. The first-order chi connectivity index (χ1) is 9.70. The summed E-state index contributed by atoms with van der Waals surface area (Å²) < 4.78 is 30.2. The van der Waals surface area contributed by atoms with Crippen molar-refractivity contribution in [1.29, 1.82) is 0 Å². The van der Waals surface area contributed by atoms with Crippen LogP contribution in [0.1, 0.15) is 33.6 Å². The molecule has 5 nitrogen and oxygen atoms in total. The lowest BCUT2D eigenvalue weighted by Crippen LogP contribution is -2.41. The quantitative estimate of drug-likeness (QED) is 0.800. The van der Waals surface area contributed by atoms with Gasteiger partial charge in [0.1, 0.15) is 0 Å². The molecule has 1 aromatic heterocycles. The number of fused-ring (bicyclic) bond motifs is 2. The molecular formula is C15H19NO4S. The Hall–Kier alpha value is -1.43. The number of aromatic nitrogens is 1. The van der Waals surface area contributed by atoms with E-state index in [1.807, 2.05) is 20.8 Å². The number of nitrogens with zero attached hydrogens (tertiary/aromatic N) is 1. The van der Waals surface area contributed by atoms with E-state index in [4.69, 9.17) is 4.18 Å². The van der Waals surface area contributed by atoms with E-state index in [-0.39, 0.29) is 23.0 Å². The molecule has 3 atom stereocenters. The third-order valence-electron chi connectivity index (χ3n) is 5.62. The van der Waals surface area contributed by atoms with Gasteiger partial charge in [-0.3, -0.25) is 4.79 Å². The molecule has 2 fully saturated rings. The maximum absolute atomic E-state index is 12.7. The van der Waals surface area contributed by atoms with Crippen molar-refractivity contribution in [3.05, 3.63) is 24.4 Å². The Bertz CT molecular complexity index is 683. The van der Waals surface area contributed by atoms with E-state index in [0.717, 1.165) is 12.8 Å². The molecule has 3 unspecified atom stereocenters. The average molecular weight is 309 g/mol. The summed E-state index contributed by atoms with van der Waals surface area (Å²) in [6.07, 6.45) is 2.95. The molecule has 2 saturated carbocycles. The highest BCUT2D eigenvalue weighted by molar-refractivity contribution is 7.88. The highest BCUT2D eigenvalue weighted by atomic mass is 32.2. The van der Waals surface area contributed by atoms with E-state index >= 15 is 0 Å². The minimum Gasteiger partial charge on any atom is -0.361 e. The summed E-state index contributed by atoms with van der Waals surface area (Å²) in [5.41, 5.74) is -0.905. The largest absolute Gasteiger partial charge is 0.361 e. The van der Waals surface area contributed by atoms with Crippen LogP contribution >= 0.6 is 0 Å². The normalized spacial score (nSPS) is 34.1. The molecule has 1 aromatic rings. The van der Waals surface area contributed by atoms with Crippen molar-refractivity contribution < 1.29 is 17.4 Å². The van der Waals surface area contributed by atoms with Crippen molar-refractivity contribution in [1.82, 2.24) is 4.98 Å². The third kappa shape index (κ3) is 1.84. The number of carbonyl (C=O) groups excluding carboxylic acids is 1. The molecule has 0 aromatic carbocycles. The Kier molecular flexibility index (Phi) is 2.96. The summed E-state index contributed by atoms with van der Waals surface area (Å²) in [6.45, 7) is 5.85. The summed E-state index contributed by atoms with van der Waals surface area (Å²) in [5.74, 6) is -0.389. The van der Waals surface area contributed by atoms with Gasteiger partial charge in [0.25, 0.3) is 0 Å². The summed E-state index contributed by atoms with van der Waals surface area (Å²) >= 11 is 0. The lowest BCUT2D eigenvalue weighted by atomic mass is 9.70. The highest BCUT2D eigenvalue weighted by Gasteiger charge is 2.70. The SMILES string of the molecule is CC12CCC(C(S(=O)(=O)Oc3ccccn3)C1=O)C2(C)C. The van der Waals surface area contributed by atoms with Gasteiger partial charge in [-0.2, -0.15) is 8.42 Å². The summed E-state index contributed by atoms with van der Waals surface area (Å²) in [7, 11) is -4.01. The van der Waals surface area contributed by atoms with E-state index in [1.165, 1.54) is 12.3 Å². The Morgan fingerprint density at radius 2 is 2.00 bits per heavy atom. The second-order valence-corrected chi connectivity index (χ2v) is 8.39. The molecule has 114 valence electrons. The minimum atomic E-state index is -4.01. The van der Waals surface area contributed by atoms with Gasteiger partial charge in [0, 0.05) is 17.7 Å². The van der Waals surface area contributed by atoms with E-state index in [9.17, 15) is 13.2 Å². The monoisotopic (exact) mass is 309 g/mol. The fourth-order valence-electron chi connectivity index (χ4n) is 3.90. The highest BCUT2D eigenvalue weighted by Crippen LogP contribution is 2.64. The molecule has 2 bridgehead atoms. The number of Topliss-reactive ketones (excluding diaryl/α,β-unsaturated/α-hetero) is 1. The van der Waals surface area contributed by atoms with Crippen LogP contribution in [0.25, 0.3) is 0 Å². The number of hydrogen-bond donors (Lipinski definition) is 0. The smallest absolute Gasteiger partial charge is 0.321 e. The fourth-order valence-corrected chi connectivity index (χ4v) is 5.74. The molecule has 0 radical (unpaired) electrons. The average Bonchev–Trinajstić information content (AvgIpc) is 2.71. The first-order valence-corrected chi connectivity index (χ1v) is 8.56. The maximum atomic E-state index is 12.7. The van der Waals surface area contributed by atoms with Crippen LogP contribution in [0.5, 0.6) is 5.88 Å². The second-order valence-electron chi connectivity index (χ2n) is 6.73. The molecule has 6 heteroatoms. The second kappa shape index (κ2) is 4.29. The van der Waals surface area contributed by atoms with Crippen molar-refractivity contribution in [2.45, 2.75) is 38.9 Å². The molecule has 0 aliphatic heterocycles. The zero-order valence-electron chi connectivity index (χ0n) is 12.4. The van der Waals surface area contributed by atoms with Crippen molar-refractivity contribution in [2.75, 3.05) is 0 Å². The molecule has 0 spiro atoms. The van der Waals surface area contributed by atoms with E-state index in [1.54, 1.807) is 12.1 Å². The van der Waals surface area contributed by atoms with Crippen molar-refractivity contribution in [2.24, 2.45) is 16.7 Å². The Morgan fingerprint density at radius 1 is 1.29 bits per heavy atom. The standard InChI is InChI=1S/C15H19NO4S/c1-14(2)10-7-8-15(14,3)13(17)12(10)21(18,19)20-11-6-4-5-9-16-11/h4-6,9-10,12H,7-8H2,1-3H3. The molecule has 2 aliphatic rings. The van der Waals surface area contributed by atoms with Gasteiger partial charge in [-0.05, 0) is 30.2 Å².